The van der Waals surface area contributed by atoms with Crippen LogP contribution in [-0.4, -0.2) is 21.1 Å². The quantitative estimate of drug-likeness (QED) is 0.558. The average molecular weight is 179 g/mol. The Kier molecular flexibility index (Phi) is 1.09. The summed E-state index contributed by atoms with van der Waals surface area (Å²) in [7, 11) is 0. The predicted octanol–water partition coefficient (Wildman–Crippen LogP) is 0.200. The lowest BCUT2D eigenvalue weighted by Gasteiger charge is -2.04. The first-order valence-corrected chi connectivity index (χ1v) is 4.37. The minimum atomic E-state index is 0.842. The number of aromatic amines is 1. The molecular weight excluding hydrogens is 174 g/mol. The Morgan fingerprint density at radius 3 is 3.42 bits per heavy atom. The summed E-state index contributed by atoms with van der Waals surface area (Å²) >= 11 is 1.52. The molecular formula is C6H5N5S. The summed E-state index contributed by atoms with van der Waals surface area (Å²) in [5.74, 6) is 0. The smallest absolute Gasteiger partial charge is 0.137 e. The third-order valence-electron chi connectivity index (χ3n) is 1.87. The van der Waals surface area contributed by atoms with Gasteiger partial charge in [0.15, 0.2) is 0 Å². The van der Waals surface area contributed by atoms with Crippen LogP contribution in [0, 0.1) is 0 Å². The molecule has 1 aromatic rings. The highest BCUT2D eigenvalue weighted by Gasteiger charge is 2.26. The fourth-order valence-corrected chi connectivity index (χ4v) is 1.94. The van der Waals surface area contributed by atoms with Gasteiger partial charge in [-0.05, 0) is 0 Å². The average Bonchev–Trinajstić information content (AvgIpc) is 2.71. The van der Waals surface area contributed by atoms with E-state index in [-0.39, 0.29) is 0 Å². The number of nitrogens with zero attached hydrogens (tertiary/aromatic N) is 3. The molecule has 0 fully saturated rings. The van der Waals surface area contributed by atoms with Crippen molar-refractivity contribution >= 4 is 17.7 Å². The van der Waals surface area contributed by atoms with Crippen LogP contribution in [0.1, 0.15) is 11.4 Å². The van der Waals surface area contributed by atoms with Crippen molar-refractivity contribution in [3.63, 3.8) is 0 Å². The van der Waals surface area contributed by atoms with Gasteiger partial charge in [0.1, 0.15) is 11.4 Å². The predicted molar refractivity (Wildman–Crippen MR) is 45.4 cm³/mol. The largest absolute Gasteiger partial charge is 0.246 e. The van der Waals surface area contributed by atoms with E-state index in [1.807, 2.05) is 0 Å². The van der Waals surface area contributed by atoms with E-state index in [1.54, 1.807) is 0 Å². The van der Waals surface area contributed by atoms with Crippen LogP contribution in [-0.2, 0) is 6.42 Å². The molecule has 1 aliphatic heterocycles. The van der Waals surface area contributed by atoms with Gasteiger partial charge in [0.05, 0.1) is 10.6 Å². The van der Waals surface area contributed by atoms with Gasteiger partial charge in [-0.2, -0.15) is 20.5 Å². The minimum Gasteiger partial charge on any atom is -0.246 e. The molecule has 3 rings (SSSR count). The third-order valence-corrected chi connectivity index (χ3v) is 2.63. The van der Waals surface area contributed by atoms with E-state index in [1.165, 1.54) is 11.9 Å². The number of fused-ring (bicyclic) bond motifs is 3. The first-order chi connectivity index (χ1) is 5.95. The van der Waals surface area contributed by atoms with E-state index in [0.717, 1.165) is 28.4 Å². The van der Waals surface area contributed by atoms with E-state index in [4.69, 9.17) is 0 Å². The molecule has 0 bridgehead atoms. The summed E-state index contributed by atoms with van der Waals surface area (Å²) in [5.41, 5.74) is 2.77. The lowest BCUT2D eigenvalue weighted by molar-refractivity contribution is 0.919. The van der Waals surface area contributed by atoms with Crippen molar-refractivity contribution in [3.8, 4) is 0 Å². The molecule has 0 aromatic carbocycles. The van der Waals surface area contributed by atoms with Gasteiger partial charge < -0.3 is 0 Å². The van der Waals surface area contributed by atoms with Crippen molar-refractivity contribution in [1.29, 1.82) is 0 Å². The SMILES string of the molecule is C1=C2SNN=C2c2n[nH]nc2C1. The molecule has 2 N–H and O–H groups in total. The van der Waals surface area contributed by atoms with Crippen molar-refractivity contribution in [2.45, 2.75) is 6.42 Å². The molecule has 2 heterocycles. The minimum absolute atomic E-state index is 0.842. The maximum Gasteiger partial charge on any atom is 0.137 e. The summed E-state index contributed by atoms with van der Waals surface area (Å²) in [6, 6.07) is 0. The Hall–Kier alpha value is -1.30. The summed E-state index contributed by atoms with van der Waals surface area (Å²) in [4.78, 5) is 4.00. The van der Waals surface area contributed by atoms with Gasteiger partial charge >= 0.3 is 0 Å². The van der Waals surface area contributed by atoms with Crippen molar-refractivity contribution in [3.05, 3.63) is 22.4 Å². The molecule has 0 saturated carbocycles. The molecule has 6 heteroatoms. The monoisotopic (exact) mass is 179 g/mol. The number of aromatic nitrogens is 3. The highest BCUT2D eigenvalue weighted by Crippen LogP contribution is 2.28. The molecule has 1 aliphatic carbocycles. The molecule has 0 amide bonds. The second-order valence-electron chi connectivity index (χ2n) is 2.55. The Morgan fingerprint density at radius 1 is 1.42 bits per heavy atom. The van der Waals surface area contributed by atoms with Crippen molar-refractivity contribution in [2.75, 3.05) is 0 Å². The Morgan fingerprint density at radius 2 is 2.42 bits per heavy atom. The number of allylic oxidation sites excluding steroid dienone is 2. The lowest BCUT2D eigenvalue weighted by atomic mass is 10.1. The van der Waals surface area contributed by atoms with Crippen LogP contribution >= 0.6 is 11.9 Å². The highest BCUT2D eigenvalue weighted by molar-refractivity contribution is 8.02. The molecule has 2 aliphatic rings. The van der Waals surface area contributed by atoms with E-state index in [2.05, 4.69) is 31.4 Å². The van der Waals surface area contributed by atoms with E-state index >= 15 is 0 Å². The van der Waals surface area contributed by atoms with Crippen LogP contribution < -0.4 is 4.83 Å². The Bertz CT molecular complexity index is 390. The van der Waals surface area contributed by atoms with Crippen LogP contribution in [0.15, 0.2) is 16.1 Å². The fourth-order valence-electron chi connectivity index (χ4n) is 1.30. The molecule has 60 valence electrons. The van der Waals surface area contributed by atoms with Crippen LogP contribution in [0.3, 0.4) is 0 Å². The lowest BCUT2D eigenvalue weighted by Crippen LogP contribution is -2.08. The Balaban J connectivity index is 2.23. The second kappa shape index (κ2) is 2.10. The van der Waals surface area contributed by atoms with Crippen molar-refractivity contribution < 1.29 is 0 Å². The zero-order valence-electron chi connectivity index (χ0n) is 6.03. The molecule has 0 saturated heterocycles. The molecule has 0 unspecified atom stereocenters. The van der Waals surface area contributed by atoms with Gasteiger partial charge in [0.2, 0.25) is 0 Å². The number of hydrogen-bond donors (Lipinski definition) is 2. The van der Waals surface area contributed by atoms with Gasteiger partial charge in [-0.25, -0.2) is 4.83 Å². The van der Waals surface area contributed by atoms with Crippen LogP contribution in [0.5, 0.6) is 0 Å². The molecule has 1 aromatic heterocycles. The molecule has 0 atom stereocenters. The van der Waals surface area contributed by atoms with E-state index in [0.29, 0.717) is 0 Å². The van der Waals surface area contributed by atoms with Crippen molar-refractivity contribution in [1.82, 2.24) is 20.2 Å². The number of H-pyrrole nitrogens is 1. The maximum absolute atomic E-state index is 4.11. The van der Waals surface area contributed by atoms with Crippen LogP contribution in [0.2, 0.25) is 0 Å². The topological polar surface area (TPSA) is 66.0 Å². The molecule has 0 radical (unpaired) electrons. The van der Waals surface area contributed by atoms with E-state index < -0.39 is 0 Å². The summed E-state index contributed by atoms with van der Waals surface area (Å²) in [6.07, 6.45) is 2.95. The molecule has 12 heavy (non-hydrogen) atoms. The zero-order chi connectivity index (χ0) is 7.97. The summed E-state index contributed by atoms with van der Waals surface area (Å²) < 4.78 is 0. The third kappa shape index (κ3) is 0.672. The van der Waals surface area contributed by atoms with Gasteiger partial charge in [0.25, 0.3) is 0 Å². The van der Waals surface area contributed by atoms with Crippen LogP contribution in [0.4, 0.5) is 0 Å². The number of hydrogen-bond acceptors (Lipinski definition) is 5. The zero-order valence-corrected chi connectivity index (χ0v) is 6.85. The molecule has 5 nitrogen and oxygen atoms in total. The number of hydrazone groups is 1. The van der Waals surface area contributed by atoms with Crippen LogP contribution in [0.25, 0.3) is 0 Å². The first-order valence-electron chi connectivity index (χ1n) is 3.55. The van der Waals surface area contributed by atoms with E-state index in [9.17, 15) is 0 Å². The highest BCUT2D eigenvalue weighted by atomic mass is 32.2. The standard InChI is InChI=1S/C6H5N5S/c1-2-4-6(9-11-12-4)5-3(1)7-10-8-5/h2,11H,1H2,(H,7,8,10). The number of nitrogens with one attached hydrogen (secondary N) is 2. The molecule has 0 spiro atoms. The number of rotatable bonds is 0. The summed E-state index contributed by atoms with van der Waals surface area (Å²) in [5, 5.41) is 14.8. The van der Waals surface area contributed by atoms with Crippen molar-refractivity contribution in [2.24, 2.45) is 5.10 Å². The fraction of sp³-hybridized carbons (Fsp3) is 0.167. The second-order valence-corrected chi connectivity index (χ2v) is 3.37. The normalized spacial score (nSPS) is 19.0. The van der Waals surface area contributed by atoms with Gasteiger partial charge in [-0.15, -0.1) is 0 Å². The summed E-state index contributed by atoms with van der Waals surface area (Å²) in [6.45, 7) is 0. The van der Waals surface area contributed by atoms with Gasteiger partial charge in [-0.3, -0.25) is 0 Å². The van der Waals surface area contributed by atoms with Gasteiger partial charge in [0, 0.05) is 18.4 Å². The maximum atomic E-state index is 4.11. The van der Waals surface area contributed by atoms with Gasteiger partial charge in [-0.1, -0.05) is 6.08 Å². The first kappa shape index (κ1) is 6.24. The Labute approximate surface area is 72.4 Å².